The van der Waals surface area contributed by atoms with Crippen LogP contribution in [-0.2, 0) is 11.3 Å². The second kappa shape index (κ2) is 6.61. The summed E-state index contributed by atoms with van der Waals surface area (Å²) in [6.45, 7) is 6.06. The molecular formula is C18H18ClN3O2. The van der Waals surface area contributed by atoms with E-state index in [1.165, 1.54) is 0 Å². The van der Waals surface area contributed by atoms with E-state index in [9.17, 15) is 4.79 Å². The number of aromatic nitrogens is 3. The Morgan fingerprint density at radius 2 is 2.12 bits per heavy atom. The molecule has 0 aliphatic carbocycles. The molecule has 0 amide bonds. The molecule has 0 saturated heterocycles. The number of carbonyl (C=O) groups excluding carboxylic acids is 1. The number of nitrogens with zero attached hydrogens (tertiary/aromatic N) is 3. The largest absolute Gasteiger partial charge is 0.457 e. The summed E-state index contributed by atoms with van der Waals surface area (Å²) >= 11 is 5.95. The van der Waals surface area contributed by atoms with Gasteiger partial charge < -0.3 is 4.74 Å². The van der Waals surface area contributed by atoms with Crippen LogP contribution in [0.15, 0.2) is 36.5 Å². The van der Waals surface area contributed by atoms with Crippen molar-refractivity contribution in [3.8, 4) is 0 Å². The summed E-state index contributed by atoms with van der Waals surface area (Å²) in [6.07, 6.45) is 1.66. The van der Waals surface area contributed by atoms with Crippen LogP contribution in [-0.4, -0.2) is 20.7 Å². The number of fused-ring (bicyclic) bond motifs is 1. The van der Waals surface area contributed by atoms with Crippen molar-refractivity contribution in [2.75, 3.05) is 0 Å². The summed E-state index contributed by atoms with van der Waals surface area (Å²) in [7, 11) is 0. The van der Waals surface area contributed by atoms with E-state index in [0.717, 1.165) is 11.3 Å². The van der Waals surface area contributed by atoms with Crippen molar-refractivity contribution in [3.63, 3.8) is 0 Å². The second-order valence-corrected chi connectivity index (χ2v) is 6.37. The maximum atomic E-state index is 12.5. The molecule has 0 aliphatic heterocycles. The first-order valence-corrected chi connectivity index (χ1v) is 8.10. The minimum atomic E-state index is -0.395. The van der Waals surface area contributed by atoms with Crippen molar-refractivity contribution >= 4 is 28.6 Å². The Morgan fingerprint density at radius 1 is 1.33 bits per heavy atom. The molecule has 0 fully saturated rings. The number of hydrogen-bond acceptors (Lipinski definition) is 4. The molecule has 2 aromatic heterocycles. The third-order valence-electron chi connectivity index (χ3n) is 3.66. The summed E-state index contributed by atoms with van der Waals surface area (Å²) in [5.74, 6) is -0.395. The minimum absolute atomic E-state index is 0.159. The van der Waals surface area contributed by atoms with Crippen molar-refractivity contribution in [3.05, 3.63) is 58.4 Å². The third-order valence-corrected chi connectivity index (χ3v) is 3.90. The fourth-order valence-corrected chi connectivity index (χ4v) is 2.76. The molecule has 3 rings (SSSR count). The highest BCUT2D eigenvalue weighted by molar-refractivity contribution is 6.30. The summed E-state index contributed by atoms with van der Waals surface area (Å²) < 4.78 is 7.24. The highest BCUT2D eigenvalue weighted by atomic mass is 35.5. The maximum absolute atomic E-state index is 12.5. The molecule has 0 N–H and O–H groups in total. The Balaban J connectivity index is 1.89. The van der Waals surface area contributed by atoms with Crippen LogP contribution in [0.4, 0.5) is 0 Å². The number of pyridine rings is 1. The van der Waals surface area contributed by atoms with Crippen LogP contribution in [0, 0.1) is 6.92 Å². The lowest BCUT2D eigenvalue weighted by atomic mass is 10.1. The fraction of sp³-hybridized carbons (Fsp3) is 0.278. The van der Waals surface area contributed by atoms with Gasteiger partial charge in [0.25, 0.3) is 0 Å². The molecule has 3 aromatic rings. The Hall–Kier alpha value is -2.40. The van der Waals surface area contributed by atoms with E-state index in [2.05, 4.69) is 10.1 Å². The van der Waals surface area contributed by atoms with Crippen molar-refractivity contribution < 1.29 is 9.53 Å². The van der Waals surface area contributed by atoms with E-state index in [1.54, 1.807) is 29.1 Å². The van der Waals surface area contributed by atoms with E-state index in [-0.39, 0.29) is 12.6 Å². The van der Waals surface area contributed by atoms with Gasteiger partial charge in [-0.3, -0.25) is 0 Å². The van der Waals surface area contributed by atoms with Crippen LogP contribution < -0.4 is 0 Å². The number of ether oxygens (including phenoxy) is 1. The first kappa shape index (κ1) is 16.5. The summed E-state index contributed by atoms with van der Waals surface area (Å²) in [5.41, 5.74) is 2.77. The average molecular weight is 344 g/mol. The molecule has 0 saturated carbocycles. The molecule has 5 nitrogen and oxygen atoms in total. The number of hydrogen-bond donors (Lipinski definition) is 0. The number of aryl methyl sites for hydroxylation is 1. The number of benzene rings is 1. The van der Waals surface area contributed by atoms with Gasteiger partial charge in [0.15, 0.2) is 5.65 Å². The topological polar surface area (TPSA) is 57.0 Å². The van der Waals surface area contributed by atoms with E-state index in [0.29, 0.717) is 21.6 Å². The van der Waals surface area contributed by atoms with Gasteiger partial charge in [-0.1, -0.05) is 23.7 Å². The lowest BCUT2D eigenvalue weighted by Gasteiger charge is -2.09. The van der Waals surface area contributed by atoms with E-state index < -0.39 is 5.97 Å². The molecule has 0 aliphatic rings. The van der Waals surface area contributed by atoms with Gasteiger partial charge in [0.1, 0.15) is 6.61 Å². The van der Waals surface area contributed by atoms with Gasteiger partial charge in [-0.15, -0.1) is 0 Å². The highest BCUT2D eigenvalue weighted by Gasteiger charge is 2.18. The number of carbonyl (C=O) groups is 1. The van der Waals surface area contributed by atoms with Crippen LogP contribution in [0.5, 0.6) is 0 Å². The van der Waals surface area contributed by atoms with Crippen molar-refractivity contribution in [2.45, 2.75) is 33.4 Å². The predicted molar refractivity (Wildman–Crippen MR) is 93.2 cm³/mol. The molecule has 2 heterocycles. The van der Waals surface area contributed by atoms with Gasteiger partial charge in [-0.2, -0.15) is 5.10 Å². The SMILES string of the molecule is Cc1cc(C(=O)OCc2cccc(Cl)c2)c2cnn(C(C)C)c2n1. The lowest BCUT2D eigenvalue weighted by molar-refractivity contribution is 0.0475. The summed E-state index contributed by atoms with van der Waals surface area (Å²) in [6, 6.07) is 9.14. The first-order valence-electron chi connectivity index (χ1n) is 7.72. The molecule has 0 spiro atoms. The highest BCUT2D eigenvalue weighted by Crippen LogP contribution is 2.22. The van der Waals surface area contributed by atoms with Crippen molar-refractivity contribution in [1.82, 2.24) is 14.8 Å². The quantitative estimate of drug-likeness (QED) is 0.661. The van der Waals surface area contributed by atoms with Crippen LogP contribution in [0.1, 0.15) is 41.5 Å². The molecule has 0 atom stereocenters. The van der Waals surface area contributed by atoms with Gasteiger partial charge >= 0.3 is 5.97 Å². The normalized spacial score (nSPS) is 11.2. The van der Waals surface area contributed by atoms with Gasteiger partial charge in [0, 0.05) is 16.8 Å². The molecular weight excluding hydrogens is 326 g/mol. The Morgan fingerprint density at radius 3 is 2.83 bits per heavy atom. The van der Waals surface area contributed by atoms with Gasteiger partial charge in [0.05, 0.1) is 17.1 Å². The number of esters is 1. The molecule has 0 unspecified atom stereocenters. The van der Waals surface area contributed by atoms with E-state index >= 15 is 0 Å². The fourth-order valence-electron chi connectivity index (χ4n) is 2.54. The number of halogens is 1. The van der Waals surface area contributed by atoms with Crippen LogP contribution in [0.2, 0.25) is 5.02 Å². The molecule has 1 aromatic carbocycles. The lowest BCUT2D eigenvalue weighted by Crippen LogP contribution is -2.08. The van der Waals surface area contributed by atoms with Crippen LogP contribution in [0.3, 0.4) is 0 Å². The third kappa shape index (κ3) is 3.26. The molecule has 0 bridgehead atoms. The Bertz CT molecular complexity index is 902. The predicted octanol–water partition coefficient (Wildman–Crippen LogP) is 4.33. The van der Waals surface area contributed by atoms with Crippen molar-refractivity contribution in [2.24, 2.45) is 0 Å². The second-order valence-electron chi connectivity index (χ2n) is 5.94. The minimum Gasteiger partial charge on any atom is -0.457 e. The molecule has 124 valence electrons. The Kier molecular flexibility index (Phi) is 4.53. The zero-order valence-electron chi connectivity index (χ0n) is 13.8. The van der Waals surface area contributed by atoms with Crippen molar-refractivity contribution in [1.29, 1.82) is 0 Å². The number of rotatable bonds is 4. The van der Waals surface area contributed by atoms with Gasteiger partial charge in [-0.25, -0.2) is 14.5 Å². The van der Waals surface area contributed by atoms with E-state index in [4.69, 9.17) is 16.3 Å². The van der Waals surface area contributed by atoms with E-state index in [1.807, 2.05) is 32.9 Å². The van der Waals surface area contributed by atoms with Crippen LogP contribution >= 0.6 is 11.6 Å². The molecule has 24 heavy (non-hydrogen) atoms. The zero-order chi connectivity index (χ0) is 17.3. The summed E-state index contributed by atoms with van der Waals surface area (Å²) in [4.78, 5) is 17.0. The average Bonchev–Trinajstić information content (AvgIpc) is 2.95. The molecule has 6 heteroatoms. The Labute approximate surface area is 145 Å². The standard InChI is InChI=1S/C18H18ClN3O2/c1-11(2)22-17-16(9-20-22)15(7-12(3)21-17)18(23)24-10-13-5-4-6-14(19)8-13/h4-9,11H,10H2,1-3H3. The van der Waals surface area contributed by atoms with Crippen LogP contribution in [0.25, 0.3) is 11.0 Å². The zero-order valence-corrected chi connectivity index (χ0v) is 14.5. The monoisotopic (exact) mass is 343 g/mol. The smallest absolute Gasteiger partial charge is 0.339 e. The summed E-state index contributed by atoms with van der Waals surface area (Å²) in [5, 5.41) is 5.65. The van der Waals surface area contributed by atoms with Gasteiger partial charge in [-0.05, 0) is 44.5 Å². The maximum Gasteiger partial charge on any atom is 0.339 e. The first-order chi connectivity index (χ1) is 11.5. The molecule has 0 radical (unpaired) electrons. The van der Waals surface area contributed by atoms with Gasteiger partial charge in [0.2, 0.25) is 0 Å².